The maximum atomic E-state index is 6.02. The molecule has 2 nitrogen and oxygen atoms in total. The number of hydrogen-bond acceptors (Lipinski definition) is 2. The Balaban J connectivity index is 2.84. The lowest BCUT2D eigenvalue weighted by Crippen LogP contribution is -2.22. The van der Waals surface area contributed by atoms with Crippen molar-refractivity contribution in [3.8, 4) is 5.75 Å². The van der Waals surface area contributed by atoms with E-state index in [1.165, 1.54) is 11.1 Å². The molecule has 0 bridgehead atoms. The lowest BCUT2D eigenvalue weighted by atomic mass is 10.0. The van der Waals surface area contributed by atoms with Crippen molar-refractivity contribution in [3.63, 3.8) is 0 Å². The molecule has 1 unspecified atom stereocenters. The van der Waals surface area contributed by atoms with E-state index < -0.39 is 0 Å². The zero-order valence-electron chi connectivity index (χ0n) is 11.5. The van der Waals surface area contributed by atoms with Crippen molar-refractivity contribution in [1.82, 2.24) is 0 Å². The van der Waals surface area contributed by atoms with E-state index in [0.717, 1.165) is 25.2 Å². The molecule has 1 atom stereocenters. The first-order valence-electron chi connectivity index (χ1n) is 6.51. The molecule has 0 fully saturated rings. The summed E-state index contributed by atoms with van der Waals surface area (Å²) < 4.78 is 5.92. The van der Waals surface area contributed by atoms with Gasteiger partial charge in [-0.3, -0.25) is 0 Å². The van der Waals surface area contributed by atoms with E-state index >= 15 is 0 Å². The molecular formula is C15H25NO. The van der Waals surface area contributed by atoms with Crippen LogP contribution in [-0.4, -0.2) is 12.6 Å². The number of aryl methyl sites for hydroxylation is 1. The summed E-state index contributed by atoms with van der Waals surface area (Å²) in [7, 11) is 0. The predicted octanol–water partition coefficient (Wildman–Crippen LogP) is 3.31. The molecule has 0 aliphatic heterocycles. The van der Waals surface area contributed by atoms with E-state index in [2.05, 4.69) is 45.9 Å². The van der Waals surface area contributed by atoms with E-state index in [1.807, 2.05) is 0 Å². The molecule has 0 radical (unpaired) electrons. The van der Waals surface area contributed by atoms with Gasteiger partial charge in [0.05, 0.1) is 6.61 Å². The van der Waals surface area contributed by atoms with Crippen LogP contribution in [-0.2, 0) is 6.42 Å². The van der Waals surface area contributed by atoms with Gasteiger partial charge in [-0.2, -0.15) is 0 Å². The van der Waals surface area contributed by atoms with Crippen LogP contribution in [0.15, 0.2) is 18.2 Å². The Kier molecular flexibility index (Phi) is 5.49. The Labute approximate surface area is 105 Å². The van der Waals surface area contributed by atoms with Crippen LogP contribution in [0.4, 0.5) is 0 Å². The number of rotatable bonds is 6. The maximum absolute atomic E-state index is 6.02. The molecular weight excluding hydrogens is 210 g/mol. The maximum Gasteiger partial charge on any atom is 0.125 e. The van der Waals surface area contributed by atoms with Gasteiger partial charge < -0.3 is 10.5 Å². The second-order valence-electron chi connectivity index (χ2n) is 5.14. The second-order valence-corrected chi connectivity index (χ2v) is 5.14. The second kappa shape index (κ2) is 6.65. The summed E-state index contributed by atoms with van der Waals surface area (Å²) in [6.07, 6.45) is 1.89. The average molecular weight is 235 g/mol. The van der Waals surface area contributed by atoms with Crippen molar-refractivity contribution in [2.24, 2.45) is 11.7 Å². The quantitative estimate of drug-likeness (QED) is 0.821. The molecule has 0 heterocycles. The predicted molar refractivity (Wildman–Crippen MR) is 73.5 cm³/mol. The Morgan fingerprint density at radius 2 is 2.00 bits per heavy atom. The van der Waals surface area contributed by atoms with E-state index in [9.17, 15) is 0 Å². The summed E-state index contributed by atoms with van der Waals surface area (Å²) in [5.41, 5.74) is 8.46. The summed E-state index contributed by atoms with van der Waals surface area (Å²) in [5.74, 6) is 1.58. The molecule has 17 heavy (non-hydrogen) atoms. The fraction of sp³-hybridized carbons (Fsp3) is 0.600. The highest BCUT2D eigenvalue weighted by atomic mass is 16.5. The lowest BCUT2D eigenvalue weighted by Gasteiger charge is -2.17. The molecule has 0 saturated heterocycles. The zero-order chi connectivity index (χ0) is 12.8. The van der Waals surface area contributed by atoms with Crippen molar-refractivity contribution in [2.75, 3.05) is 6.61 Å². The van der Waals surface area contributed by atoms with Crippen LogP contribution in [0.25, 0.3) is 0 Å². The summed E-state index contributed by atoms with van der Waals surface area (Å²) >= 11 is 0. The number of para-hydroxylation sites is 1. The third-order valence-electron chi connectivity index (χ3n) is 2.86. The highest BCUT2D eigenvalue weighted by Crippen LogP contribution is 2.25. The summed E-state index contributed by atoms with van der Waals surface area (Å²) in [6.45, 7) is 9.30. The van der Waals surface area contributed by atoms with Gasteiger partial charge in [-0.05, 0) is 36.8 Å². The first-order chi connectivity index (χ1) is 8.04. The fourth-order valence-electron chi connectivity index (χ4n) is 1.76. The molecule has 0 amide bonds. The Hall–Kier alpha value is -1.02. The van der Waals surface area contributed by atoms with Gasteiger partial charge >= 0.3 is 0 Å². The molecule has 1 rings (SSSR count). The van der Waals surface area contributed by atoms with Crippen molar-refractivity contribution < 1.29 is 4.74 Å². The van der Waals surface area contributed by atoms with Gasteiger partial charge in [0, 0.05) is 6.04 Å². The minimum Gasteiger partial charge on any atom is -0.493 e. The first-order valence-corrected chi connectivity index (χ1v) is 6.51. The van der Waals surface area contributed by atoms with Crippen molar-refractivity contribution >= 4 is 0 Å². The van der Waals surface area contributed by atoms with Crippen LogP contribution >= 0.6 is 0 Å². The highest BCUT2D eigenvalue weighted by Gasteiger charge is 2.10. The number of benzene rings is 1. The van der Waals surface area contributed by atoms with Crippen molar-refractivity contribution in [1.29, 1.82) is 0 Å². The van der Waals surface area contributed by atoms with Gasteiger partial charge in [-0.25, -0.2) is 0 Å². The van der Waals surface area contributed by atoms with Gasteiger partial charge in [-0.1, -0.05) is 39.0 Å². The lowest BCUT2D eigenvalue weighted by molar-refractivity contribution is 0.266. The SMILES string of the molecule is CCC(N)Cc1cccc(C)c1OCC(C)C. The van der Waals surface area contributed by atoms with Crippen LogP contribution < -0.4 is 10.5 Å². The van der Waals surface area contributed by atoms with Gasteiger partial charge in [0.25, 0.3) is 0 Å². The molecule has 0 aliphatic carbocycles. The average Bonchev–Trinajstić information content (AvgIpc) is 2.27. The molecule has 0 saturated carbocycles. The summed E-state index contributed by atoms with van der Waals surface area (Å²) in [4.78, 5) is 0. The Morgan fingerprint density at radius 1 is 1.29 bits per heavy atom. The van der Waals surface area contributed by atoms with Crippen molar-refractivity contribution in [2.45, 2.75) is 46.6 Å². The molecule has 1 aromatic rings. The topological polar surface area (TPSA) is 35.2 Å². The number of nitrogens with two attached hydrogens (primary N) is 1. The first kappa shape index (κ1) is 14.0. The van der Waals surface area contributed by atoms with Gasteiger partial charge in [-0.15, -0.1) is 0 Å². The third-order valence-corrected chi connectivity index (χ3v) is 2.86. The van der Waals surface area contributed by atoms with Crippen LogP contribution in [0.5, 0.6) is 5.75 Å². The van der Waals surface area contributed by atoms with Crippen molar-refractivity contribution in [3.05, 3.63) is 29.3 Å². The normalized spacial score (nSPS) is 12.8. The van der Waals surface area contributed by atoms with Gasteiger partial charge in [0.2, 0.25) is 0 Å². The van der Waals surface area contributed by atoms with E-state index in [4.69, 9.17) is 10.5 Å². The minimum atomic E-state index is 0.221. The van der Waals surface area contributed by atoms with Crippen LogP contribution in [0.2, 0.25) is 0 Å². The molecule has 0 spiro atoms. The Morgan fingerprint density at radius 3 is 2.59 bits per heavy atom. The standard InChI is InChI=1S/C15H25NO/c1-5-14(16)9-13-8-6-7-12(4)15(13)17-10-11(2)3/h6-8,11,14H,5,9-10,16H2,1-4H3. The van der Waals surface area contributed by atoms with E-state index in [0.29, 0.717) is 5.92 Å². The van der Waals surface area contributed by atoms with E-state index in [-0.39, 0.29) is 6.04 Å². The zero-order valence-corrected chi connectivity index (χ0v) is 11.5. The number of hydrogen-bond donors (Lipinski definition) is 1. The van der Waals surface area contributed by atoms with Gasteiger partial charge in [0.1, 0.15) is 5.75 Å². The fourth-order valence-corrected chi connectivity index (χ4v) is 1.76. The smallest absolute Gasteiger partial charge is 0.125 e. The minimum absolute atomic E-state index is 0.221. The van der Waals surface area contributed by atoms with Gasteiger partial charge in [0.15, 0.2) is 0 Å². The largest absolute Gasteiger partial charge is 0.493 e. The Bertz CT molecular complexity index is 347. The van der Waals surface area contributed by atoms with E-state index in [1.54, 1.807) is 0 Å². The summed E-state index contributed by atoms with van der Waals surface area (Å²) in [6, 6.07) is 6.52. The van der Waals surface area contributed by atoms with Crippen LogP contribution in [0.1, 0.15) is 38.3 Å². The molecule has 2 heteroatoms. The molecule has 96 valence electrons. The molecule has 0 aromatic heterocycles. The monoisotopic (exact) mass is 235 g/mol. The van der Waals surface area contributed by atoms with Crippen LogP contribution in [0.3, 0.4) is 0 Å². The summed E-state index contributed by atoms with van der Waals surface area (Å²) in [5, 5.41) is 0. The molecule has 1 aromatic carbocycles. The third kappa shape index (κ3) is 4.39. The number of ether oxygens (including phenoxy) is 1. The molecule has 2 N–H and O–H groups in total. The van der Waals surface area contributed by atoms with Crippen LogP contribution in [0, 0.1) is 12.8 Å². The molecule has 0 aliphatic rings. The highest BCUT2D eigenvalue weighted by molar-refractivity contribution is 5.41.